The molecule has 6 heteroatoms. The number of carbonyl (C=O) groups is 2. The second kappa shape index (κ2) is 9.78. The van der Waals surface area contributed by atoms with Crippen molar-refractivity contribution in [2.24, 2.45) is 0 Å². The Morgan fingerprint density at radius 2 is 1.53 bits per heavy atom. The molecule has 0 aliphatic rings. The number of rotatable bonds is 7. The fourth-order valence-corrected chi connectivity index (χ4v) is 3.07. The maximum absolute atomic E-state index is 13.7. The van der Waals surface area contributed by atoms with Gasteiger partial charge in [-0.3, -0.25) is 9.59 Å². The van der Waals surface area contributed by atoms with E-state index in [0.29, 0.717) is 12.2 Å². The molecule has 0 aromatic heterocycles. The summed E-state index contributed by atoms with van der Waals surface area (Å²) >= 11 is 0. The van der Waals surface area contributed by atoms with Crippen LogP contribution in [0, 0.1) is 11.6 Å². The van der Waals surface area contributed by atoms with Gasteiger partial charge in [-0.1, -0.05) is 30.3 Å². The van der Waals surface area contributed by atoms with E-state index >= 15 is 0 Å². The summed E-state index contributed by atoms with van der Waals surface area (Å²) in [6.07, 6.45) is 0.240. The van der Waals surface area contributed by atoms with Crippen LogP contribution in [0.2, 0.25) is 0 Å². The summed E-state index contributed by atoms with van der Waals surface area (Å²) in [5.74, 6) is -1.32. The lowest BCUT2D eigenvalue weighted by Gasteiger charge is -2.23. The van der Waals surface area contributed by atoms with Gasteiger partial charge in [0.1, 0.15) is 11.6 Å². The molecule has 0 aliphatic carbocycles. The molecule has 3 aromatic carbocycles. The minimum Gasteiger partial charge on any atom is -0.356 e. The first-order valence-electron chi connectivity index (χ1n) is 9.64. The normalized spacial score (nSPS) is 10.5. The number of hydrogen-bond donors (Lipinski definition) is 1. The molecule has 0 atom stereocenters. The van der Waals surface area contributed by atoms with Gasteiger partial charge in [-0.05, 0) is 60.5 Å². The largest absolute Gasteiger partial charge is 0.356 e. The van der Waals surface area contributed by atoms with Gasteiger partial charge in [-0.2, -0.15) is 0 Å². The maximum atomic E-state index is 13.7. The van der Waals surface area contributed by atoms with Crippen LogP contribution in [-0.2, 0) is 17.8 Å². The van der Waals surface area contributed by atoms with E-state index in [1.807, 2.05) is 6.92 Å². The zero-order valence-corrected chi connectivity index (χ0v) is 16.6. The molecule has 0 fully saturated rings. The van der Waals surface area contributed by atoms with Gasteiger partial charge < -0.3 is 10.2 Å². The molecule has 0 unspecified atom stereocenters. The molecule has 0 saturated heterocycles. The van der Waals surface area contributed by atoms with Gasteiger partial charge in [0.15, 0.2) is 0 Å². The van der Waals surface area contributed by atoms with Gasteiger partial charge in [0.2, 0.25) is 5.91 Å². The van der Waals surface area contributed by atoms with Crippen molar-refractivity contribution < 1.29 is 18.4 Å². The molecule has 1 N–H and O–H groups in total. The zero-order chi connectivity index (χ0) is 21.5. The van der Waals surface area contributed by atoms with Crippen LogP contribution in [0.4, 0.5) is 14.5 Å². The number of benzene rings is 3. The number of amides is 2. The number of nitrogens with one attached hydrogen (secondary N) is 1. The quantitative estimate of drug-likeness (QED) is 0.626. The number of halogens is 2. The summed E-state index contributed by atoms with van der Waals surface area (Å²) in [7, 11) is 0. The lowest BCUT2D eigenvalue weighted by molar-refractivity contribution is -0.120. The Morgan fingerprint density at radius 1 is 0.867 bits per heavy atom. The van der Waals surface area contributed by atoms with E-state index in [4.69, 9.17) is 0 Å². The highest BCUT2D eigenvalue weighted by Gasteiger charge is 2.19. The Balaban J connectivity index is 1.89. The highest BCUT2D eigenvalue weighted by atomic mass is 19.1. The van der Waals surface area contributed by atoms with E-state index in [1.54, 1.807) is 42.5 Å². The maximum Gasteiger partial charge on any atom is 0.258 e. The van der Waals surface area contributed by atoms with Gasteiger partial charge in [-0.25, -0.2) is 8.78 Å². The number of nitrogens with zero attached hydrogens (tertiary/aromatic N) is 1. The van der Waals surface area contributed by atoms with Gasteiger partial charge in [0.05, 0.1) is 13.0 Å². The van der Waals surface area contributed by atoms with Crippen LogP contribution >= 0.6 is 0 Å². The van der Waals surface area contributed by atoms with Crippen molar-refractivity contribution in [2.75, 3.05) is 11.4 Å². The predicted octanol–water partition coefficient (Wildman–Crippen LogP) is 4.49. The van der Waals surface area contributed by atoms with Crippen LogP contribution < -0.4 is 10.2 Å². The fourth-order valence-electron chi connectivity index (χ4n) is 3.07. The third kappa shape index (κ3) is 5.50. The lowest BCUT2D eigenvalue weighted by Crippen LogP contribution is -2.30. The van der Waals surface area contributed by atoms with Gasteiger partial charge in [0, 0.05) is 17.8 Å². The average molecular weight is 408 g/mol. The Labute approximate surface area is 174 Å². The van der Waals surface area contributed by atoms with Crippen LogP contribution in [0.25, 0.3) is 0 Å². The average Bonchev–Trinajstić information content (AvgIpc) is 2.74. The van der Waals surface area contributed by atoms with Crippen molar-refractivity contribution in [3.05, 3.63) is 101 Å². The molecule has 0 aliphatic heterocycles. The SMILES string of the molecule is CCNC(=O)Cc1ccc(N(Cc2ccc(F)cc2)C(=O)c2cccc(F)c2)cc1. The first kappa shape index (κ1) is 21.2. The molecule has 0 radical (unpaired) electrons. The lowest BCUT2D eigenvalue weighted by atomic mass is 10.1. The van der Waals surface area contributed by atoms with Crippen molar-refractivity contribution in [1.29, 1.82) is 0 Å². The summed E-state index contributed by atoms with van der Waals surface area (Å²) in [5, 5.41) is 2.74. The molecule has 30 heavy (non-hydrogen) atoms. The summed E-state index contributed by atoms with van der Waals surface area (Å²) in [6.45, 7) is 2.60. The van der Waals surface area contributed by atoms with Gasteiger partial charge in [0.25, 0.3) is 5.91 Å². The molecule has 0 saturated carbocycles. The topological polar surface area (TPSA) is 49.4 Å². The van der Waals surface area contributed by atoms with Gasteiger partial charge >= 0.3 is 0 Å². The Kier molecular flexibility index (Phi) is 6.91. The Bertz CT molecular complexity index is 1020. The van der Waals surface area contributed by atoms with E-state index < -0.39 is 5.82 Å². The van der Waals surface area contributed by atoms with Crippen LogP contribution in [0.3, 0.4) is 0 Å². The third-order valence-electron chi connectivity index (χ3n) is 4.56. The molecule has 0 spiro atoms. The van der Waals surface area contributed by atoms with E-state index in [9.17, 15) is 18.4 Å². The smallest absolute Gasteiger partial charge is 0.258 e. The number of hydrogen-bond acceptors (Lipinski definition) is 2. The van der Waals surface area contributed by atoms with Crippen LogP contribution in [0.5, 0.6) is 0 Å². The second-order valence-electron chi connectivity index (χ2n) is 6.82. The van der Waals surface area contributed by atoms with Crippen molar-refractivity contribution in [1.82, 2.24) is 5.32 Å². The molecule has 0 heterocycles. The second-order valence-corrected chi connectivity index (χ2v) is 6.82. The first-order chi connectivity index (χ1) is 14.5. The van der Waals surface area contributed by atoms with E-state index in [2.05, 4.69) is 5.32 Å². The summed E-state index contributed by atoms with van der Waals surface area (Å²) < 4.78 is 26.9. The third-order valence-corrected chi connectivity index (χ3v) is 4.56. The predicted molar refractivity (Wildman–Crippen MR) is 112 cm³/mol. The molecular formula is C24H22F2N2O2. The molecule has 4 nitrogen and oxygen atoms in total. The van der Waals surface area contributed by atoms with E-state index in [0.717, 1.165) is 11.1 Å². The molecule has 0 bridgehead atoms. The van der Waals surface area contributed by atoms with Crippen LogP contribution in [0.1, 0.15) is 28.4 Å². The highest BCUT2D eigenvalue weighted by Crippen LogP contribution is 2.22. The van der Waals surface area contributed by atoms with E-state index in [1.165, 1.54) is 35.2 Å². The van der Waals surface area contributed by atoms with Crippen molar-refractivity contribution in [3.63, 3.8) is 0 Å². The zero-order valence-electron chi connectivity index (χ0n) is 16.6. The molecule has 154 valence electrons. The first-order valence-corrected chi connectivity index (χ1v) is 9.64. The minimum absolute atomic E-state index is 0.0794. The number of carbonyl (C=O) groups excluding carboxylic acids is 2. The molecule has 3 aromatic rings. The Hall–Kier alpha value is -3.54. The number of anilines is 1. The summed E-state index contributed by atoms with van der Waals surface area (Å²) in [4.78, 5) is 26.4. The Morgan fingerprint density at radius 3 is 2.17 bits per heavy atom. The van der Waals surface area contributed by atoms with Crippen LogP contribution in [-0.4, -0.2) is 18.4 Å². The molecule has 2 amide bonds. The van der Waals surface area contributed by atoms with Crippen molar-refractivity contribution in [3.8, 4) is 0 Å². The van der Waals surface area contributed by atoms with Crippen molar-refractivity contribution in [2.45, 2.75) is 19.9 Å². The van der Waals surface area contributed by atoms with E-state index in [-0.39, 0.29) is 36.2 Å². The molecule has 3 rings (SSSR count). The minimum atomic E-state index is -0.500. The van der Waals surface area contributed by atoms with Crippen LogP contribution in [0.15, 0.2) is 72.8 Å². The standard InChI is InChI=1S/C24H22F2N2O2/c1-2-27-23(29)14-17-8-12-22(13-9-17)28(16-18-6-10-20(25)11-7-18)24(30)19-4-3-5-21(26)15-19/h3-13,15H,2,14,16H2,1H3,(H,27,29). The number of likely N-dealkylation sites (N-methyl/N-ethyl adjacent to an activating group) is 1. The van der Waals surface area contributed by atoms with Gasteiger partial charge in [-0.15, -0.1) is 0 Å². The molecular weight excluding hydrogens is 386 g/mol. The summed E-state index contributed by atoms with van der Waals surface area (Å²) in [5.41, 5.74) is 2.34. The fraction of sp³-hybridized carbons (Fsp3) is 0.167. The highest BCUT2D eigenvalue weighted by molar-refractivity contribution is 6.06. The monoisotopic (exact) mass is 408 g/mol. The van der Waals surface area contributed by atoms with Crippen molar-refractivity contribution >= 4 is 17.5 Å². The summed E-state index contributed by atoms with van der Waals surface area (Å²) in [6, 6.07) is 18.4.